The van der Waals surface area contributed by atoms with E-state index >= 15 is 0 Å². The second-order valence-corrected chi connectivity index (χ2v) is 4.49. The lowest BCUT2D eigenvalue weighted by atomic mass is 10.1. The topological polar surface area (TPSA) is 65.7 Å². The summed E-state index contributed by atoms with van der Waals surface area (Å²) in [5, 5.41) is 17.8. The van der Waals surface area contributed by atoms with E-state index in [0.717, 1.165) is 17.0 Å². The predicted octanol–water partition coefficient (Wildman–Crippen LogP) is 0.111. The number of carbonyl (C=O) groups excluding carboxylic acids is 1. The molecule has 5 nitrogen and oxygen atoms in total. The van der Waals surface area contributed by atoms with Gasteiger partial charge in [0.25, 0.3) is 0 Å². The molecule has 0 aliphatic rings. The number of aromatic nitrogens is 1. The van der Waals surface area contributed by atoms with Crippen molar-refractivity contribution in [3.8, 4) is 0 Å². The summed E-state index contributed by atoms with van der Waals surface area (Å²) in [5.41, 5.74) is 2.72. The van der Waals surface area contributed by atoms with Crippen LogP contribution in [0.1, 0.15) is 21.7 Å². The van der Waals surface area contributed by atoms with Gasteiger partial charge >= 0.3 is 0 Å². The lowest BCUT2D eigenvalue weighted by Gasteiger charge is -2.19. The molecule has 1 heterocycles. The molecule has 5 heteroatoms. The fourth-order valence-corrected chi connectivity index (χ4v) is 1.98. The van der Waals surface area contributed by atoms with E-state index in [9.17, 15) is 4.79 Å². The van der Waals surface area contributed by atoms with Gasteiger partial charge < -0.3 is 14.8 Å². The minimum atomic E-state index is -0.0138. The number of hydrogen-bond acceptors (Lipinski definition) is 4. The van der Waals surface area contributed by atoms with Crippen LogP contribution >= 0.6 is 0 Å². The van der Waals surface area contributed by atoms with E-state index in [4.69, 9.17) is 10.2 Å². The van der Waals surface area contributed by atoms with E-state index in [2.05, 4.69) is 0 Å². The van der Waals surface area contributed by atoms with Crippen molar-refractivity contribution in [1.29, 1.82) is 0 Å². The number of carbonyl (C=O) groups is 1. The predicted molar refractivity (Wildman–Crippen MR) is 69.8 cm³/mol. The van der Waals surface area contributed by atoms with Crippen LogP contribution in [0.5, 0.6) is 0 Å². The highest BCUT2D eigenvalue weighted by molar-refractivity contribution is 5.99. The molecule has 0 bridgehead atoms. The van der Waals surface area contributed by atoms with E-state index in [0.29, 0.717) is 13.1 Å². The van der Waals surface area contributed by atoms with Gasteiger partial charge in [-0.1, -0.05) is 0 Å². The number of rotatable bonds is 7. The molecule has 102 valence electrons. The number of Topliss-reactive ketones (excluding diaryl/α,β-unsaturated/α-hetero) is 1. The summed E-state index contributed by atoms with van der Waals surface area (Å²) in [6.07, 6.45) is 0. The van der Waals surface area contributed by atoms with Crippen LogP contribution in [0, 0.1) is 13.8 Å². The first-order valence-corrected chi connectivity index (χ1v) is 6.11. The summed E-state index contributed by atoms with van der Waals surface area (Å²) in [6.45, 7) is 4.88. The van der Waals surface area contributed by atoms with Gasteiger partial charge in [-0.3, -0.25) is 9.69 Å². The summed E-state index contributed by atoms with van der Waals surface area (Å²) in [6, 6.07) is 1.88. The molecule has 1 rings (SSSR count). The average Bonchev–Trinajstić information content (AvgIpc) is 2.58. The quantitative estimate of drug-likeness (QED) is 0.678. The fraction of sp³-hybridized carbons (Fsp3) is 0.615. The van der Waals surface area contributed by atoms with Crippen LogP contribution < -0.4 is 0 Å². The third-order valence-electron chi connectivity index (χ3n) is 3.28. The van der Waals surface area contributed by atoms with E-state index in [1.54, 1.807) is 4.90 Å². The second-order valence-electron chi connectivity index (χ2n) is 4.49. The van der Waals surface area contributed by atoms with Crippen molar-refractivity contribution < 1.29 is 15.0 Å². The van der Waals surface area contributed by atoms with Crippen molar-refractivity contribution in [2.45, 2.75) is 13.8 Å². The Kier molecular flexibility index (Phi) is 5.53. The number of ketones is 1. The van der Waals surface area contributed by atoms with Gasteiger partial charge in [-0.15, -0.1) is 0 Å². The van der Waals surface area contributed by atoms with Crippen LogP contribution in [0.25, 0.3) is 0 Å². The van der Waals surface area contributed by atoms with Gasteiger partial charge in [0.2, 0.25) is 0 Å². The zero-order valence-corrected chi connectivity index (χ0v) is 11.3. The summed E-state index contributed by atoms with van der Waals surface area (Å²) >= 11 is 0. The molecule has 0 amide bonds. The first-order valence-electron chi connectivity index (χ1n) is 6.11. The lowest BCUT2D eigenvalue weighted by Crippen LogP contribution is -2.34. The summed E-state index contributed by atoms with van der Waals surface area (Å²) in [4.78, 5) is 13.9. The minimum absolute atomic E-state index is 0.0138. The number of hydrogen-bond donors (Lipinski definition) is 2. The summed E-state index contributed by atoms with van der Waals surface area (Å²) < 4.78 is 1.98. The Labute approximate surface area is 108 Å². The van der Waals surface area contributed by atoms with Crippen LogP contribution in [0.15, 0.2) is 6.07 Å². The molecule has 0 aliphatic carbocycles. The van der Waals surface area contributed by atoms with E-state index in [-0.39, 0.29) is 25.5 Å². The molecule has 0 atom stereocenters. The molecular formula is C13H22N2O3. The molecular weight excluding hydrogens is 232 g/mol. The largest absolute Gasteiger partial charge is 0.395 e. The van der Waals surface area contributed by atoms with Crippen molar-refractivity contribution in [3.05, 3.63) is 23.0 Å². The summed E-state index contributed by atoms with van der Waals surface area (Å²) in [7, 11) is 1.93. The third-order valence-corrected chi connectivity index (χ3v) is 3.28. The van der Waals surface area contributed by atoms with Crippen LogP contribution in [-0.4, -0.2) is 58.3 Å². The first-order chi connectivity index (χ1) is 8.51. The molecule has 0 radical (unpaired) electrons. The van der Waals surface area contributed by atoms with Crippen LogP contribution in [-0.2, 0) is 7.05 Å². The zero-order chi connectivity index (χ0) is 13.7. The van der Waals surface area contributed by atoms with Crippen molar-refractivity contribution in [1.82, 2.24) is 9.47 Å². The third kappa shape index (κ3) is 3.41. The molecule has 0 aromatic carbocycles. The van der Waals surface area contributed by atoms with Gasteiger partial charge in [-0.25, -0.2) is 0 Å². The van der Waals surface area contributed by atoms with Gasteiger partial charge in [0.15, 0.2) is 5.78 Å². The molecule has 0 saturated carbocycles. The fourth-order valence-electron chi connectivity index (χ4n) is 1.98. The van der Waals surface area contributed by atoms with Gasteiger partial charge in [0.05, 0.1) is 19.8 Å². The Morgan fingerprint density at radius 2 is 1.83 bits per heavy atom. The molecule has 1 aromatic heterocycles. The molecule has 18 heavy (non-hydrogen) atoms. The van der Waals surface area contributed by atoms with Crippen molar-refractivity contribution in [2.75, 3.05) is 32.8 Å². The smallest absolute Gasteiger partial charge is 0.178 e. The minimum Gasteiger partial charge on any atom is -0.395 e. The van der Waals surface area contributed by atoms with Gasteiger partial charge in [0, 0.05) is 37.1 Å². The molecule has 0 unspecified atom stereocenters. The highest BCUT2D eigenvalue weighted by atomic mass is 16.3. The maximum Gasteiger partial charge on any atom is 0.178 e. The molecule has 0 spiro atoms. The maximum atomic E-state index is 12.2. The molecule has 2 N–H and O–H groups in total. The van der Waals surface area contributed by atoms with E-state index < -0.39 is 0 Å². The SMILES string of the molecule is Cc1cc(C(=O)CN(CCO)CCO)c(C)n1C. The number of nitrogens with zero attached hydrogens (tertiary/aromatic N) is 2. The Morgan fingerprint density at radius 3 is 2.22 bits per heavy atom. The van der Waals surface area contributed by atoms with Gasteiger partial charge in [-0.05, 0) is 19.9 Å². The van der Waals surface area contributed by atoms with E-state index in [1.165, 1.54) is 0 Å². The van der Waals surface area contributed by atoms with E-state index in [1.807, 2.05) is 31.5 Å². The Bertz CT molecular complexity index is 407. The Morgan fingerprint density at radius 1 is 1.28 bits per heavy atom. The molecule has 1 aromatic rings. The molecule has 0 fully saturated rings. The molecule has 0 aliphatic heterocycles. The lowest BCUT2D eigenvalue weighted by molar-refractivity contribution is 0.0893. The average molecular weight is 254 g/mol. The van der Waals surface area contributed by atoms with Crippen LogP contribution in [0.4, 0.5) is 0 Å². The maximum absolute atomic E-state index is 12.2. The number of aliphatic hydroxyl groups excluding tert-OH is 2. The standard InChI is InChI=1S/C13H22N2O3/c1-10-8-12(11(2)14(10)3)13(18)9-15(4-6-16)5-7-17/h8,16-17H,4-7,9H2,1-3H3. The second kappa shape index (κ2) is 6.68. The monoisotopic (exact) mass is 254 g/mol. The zero-order valence-electron chi connectivity index (χ0n) is 11.3. The first kappa shape index (κ1) is 14.9. The van der Waals surface area contributed by atoms with Gasteiger partial charge in [-0.2, -0.15) is 0 Å². The Balaban J connectivity index is 2.77. The van der Waals surface area contributed by atoms with Crippen molar-refractivity contribution >= 4 is 5.78 Å². The highest BCUT2D eigenvalue weighted by Crippen LogP contribution is 2.14. The number of aryl methyl sites for hydroxylation is 1. The summed E-state index contributed by atoms with van der Waals surface area (Å²) in [5.74, 6) is 0.0260. The van der Waals surface area contributed by atoms with Crippen LogP contribution in [0.2, 0.25) is 0 Å². The van der Waals surface area contributed by atoms with Crippen LogP contribution in [0.3, 0.4) is 0 Å². The Hall–Kier alpha value is -1.17. The highest BCUT2D eigenvalue weighted by Gasteiger charge is 2.16. The van der Waals surface area contributed by atoms with Crippen molar-refractivity contribution in [2.24, 2.45) is 7.05 Å². The normalized spacial score (nSPS) is 11.2. The van der Waals surface area contributed by atoms with Gasteiger partial charge in [0.1, 0.15) is 0 Å². The molecule has 0 saturated heterocycles. The van der Waals surface area contributed by atoms with Crippen molar-refractivity contribution in [3.63, 3.8) is 0 Å². The number of aliphatic hydroxyl groups is 2.